The second kappa shape index (κ2) is 15.4. The van der Waals surface area contributed by atoms with Gasteiger partial charge in [0, 0.05) is 19.8 Å². The highest BCUT2D eigenvalue weighted by atomic mass is 31.2. The SMILES string of the molecule is CNC(=O)ONCCCCc1ccccc1CCCCCCCCCP(=O)(O)O. The Kier molecular flexibility index (Phi) is 13.7. The van der Waals surface area contributed by atoms with Crippen LogP contribution in [0.2, 0.25) is 0 Å². The van der Waals surface area contributed by atoms with Crippen molar-refractivity contribution in [3.05, 3.63) is 35.4 Å². The van der Waals surface area contributed by atoms with Crippen LogP contribution in [0.4, 0.5) is 4.79 Å². The van der Waals surface area contributed by atoms with E-state index in [1.165, 1.54) is 37.4 Å². The lowest BCUT2D eigenvalue weighted by molar-refractivity contribution is 0.0908. The molecule has 0 fully saturated rings. The fraction of sp³-hybridized carbons (Fsp3) is 0.667. The minimum Gasteiger partial charge on any atom is -0.354 e. The zero-order chi connectivity index (χ0) is 21.4. The summed E-state index contributed by atoms with van der Waals surface area (Å²) in [4.78, 5) is 33.3. The molecule has 29 heavy (non-hydrogen) atoms. The molecule has 0 aromatic heterocycles. The molecule has 7 nitrogen and oxygen atoms in total. The molecule has 0 radical (unpaired) electrons. The lowest BCUT2D eigenvalue weighted by Gasteiger charge is -2.10. The number of hydrogen-bond donors (Lipinski definition) is 4. The Morgan fingerprint density at radius 2 is 1.41 bits per heavy atom. The molecule has 4 N–H and O–H groups in total. The van der Waals surface area contributed by atoms with Gasteiger partial charge in [-0.1, -0.05) is 56.4 Å². The maximum absolute atomic E-state index is 10.9. The summed E-state index contributed by atoms with van der Waals surface area (Å²) in [5.41, 5.74) is 5.48. The van der Waals surface area contributed by atoms with Crippen molar-refractivity contribution in [3.8, 4) is 0 Å². The van der Waals surface area contributed by atoms with E-state index in [2.05, 4.69) is 35.1 Å². The molecule has 1 amide bonds. The average molecular weight is 429 g/mol. The highest BCUT2D eigenvalue weighted by molar-refractivity contribution is 7.51. The monoisotopic (exact) mass is 428 g/mol. The highest BCUT2D eigenvalue weighted by Crippen LogP contribution is 2.35. The van der Waals surface area contributed by atoms with Gasteiger partial charge in [0.25, 0.3) is 0 Å². The molecule has 166 valence electrons. The largest absolute Gasteiger partial charge is 0.425 e. The van der Waals surface area contributed by atoms with Crippen molar-refractivity contribution in [3.63, 3.8) is 0 Å². The zero-order valence-electron chi connectivity index (χ0n) is 17.6. The Bertz CT molecular complexity index is 621. The summed E-state index contributed by atoms with van der Waals surface area (Å²) in [5.74, 6) is 0. The molecular weight excluding hydrogens is 391 g/mol. The molecule has 0 spiro atoms. The Balaban J connectivity index is 2.11. The Labute approximate surface area is 174 Å². The quantitative estimate of drug-likeness (QED) is 0.177. The van der Waals surface area contributed by atoms with E-state index < -0.39 is 13.7 Å². The second-order valence-electron chi connectivity index (χ2n) is 7.37. The topological polar surface area (TPSA) is 108 Å². The molecule has 0 bridgehead atoms. The van der Waals surface area contributed by atoms with Crippen molar-refractivity contribution >= 4 is 13.7 Å². The van der Waals surface area contributed by atoms with Crippen LogP contribution in [0.25, 0.3) is 0 Å². The summed E-state index contributed by atoms with van der Waals surface area (Å²) in [6, 6.07) is 8.59. The summed E-state index contributed by atoms with van der Waals surface area (Å²) in [6.07, 6.45) is 10.9. The smallest absolute Gasteiger partial charge is 0.354 e. The number of rotatable bonds is 16. The Morgan fingerprint density at radius 1 is 0.897 bits per heavy atom. The van der Waals surface area contributed by atoms with E-state index in [9.17, 15) is 9.36 Å². The first-order valence-electron chi connectivity index (χ1n) is 10.6. The zero-order valence-corrected chi connectivity index (χ0v) is 18.5. The van der Waals surface area contributed by atoms with Crippen LogP contribution in [0.15, 0.2) is 24.3 Å². The lowest BCUT2D eigenvalue weighted by Crippen LogP contribution is -2.28. The average Bonchev–Trinajstić information content (AvgIpc) is 2.69. The van der Waals surface area contributed by atoms with Crippen LogP contribution in [-0.4, -0.2) is 35.6 Å². The minimum atomic E-state index is -3.82. The van der Waals surface area contributed by atoms with Gasteiger partial charge in [-0.3, -0.25) is 4.57 Å². The van der Waals surface area contributed by atoms with Gasteiger partial charge in [0.05, 0.1) is 0 Å². The maximum atomic E-state index is 10.9. The summed E-state index contributed by atoms with van der Waals surface area (Å²) >= 11 is 0. The molecule has 0 aliphatic rings. The number of hydrogen-bond acceptors (Lipinski definition) is 4. The predicted octanol–water partition coefficient (Wildman–Crippen LogP) is 4.32. The van der Waals surface area contributed by atoms with E-state index in [0.29, 0.717) is 13.0 Å². The molecule has 0 saturated carbocycles. The van der Waals surface area contributed by atoms with Gasteiger partial charge in [0.1, 0.15) is 0 Å². The number of carbonyl (C=O) groups is 1. The van der Waals surface area contributed by atoms with E-state index in [1.54, 1.807) is 0 Å². The molecule has 8 heteroatoms. The number of nitrogens with one attached hydrogen (secondary N) is 2. The van der Waals surface area contributed by atoms with Crippen LogP contribution in [0, 0.1) is 0 Å². The molecule has 0 unspecified atom stereocenters. The van der Waals surface area contributed by atoms with Crippen molar-refractivity contribution in [2.24, 2.45) is 0 Å². The van der Waals surface area contributed by atoms with Gasteiger partial charge in [-0.2, -0.15) is 5.48 Å². The molecule has 1 aromatic carbocycles. The third kappa shape index (κ3) is 14.3. The molecule has 1 aromatic rings. The van der Waals surface area contributed by atoms with Crippen LogP contribution >= 0.6 is 7.60 Å². The Morgan fingerprint density at radius 3 is 1.97 bits per heavy atom. The van der Waals surface area contributed by atoms with E-state index in [0.717, 1.165) is 44.9 Å². The van der Waals surface area contributed by atoms with E-state index in [1.807, 2.05) is 0 Å². The van der Waals surface area contributed by atoms with E-state index in [-0.39, 0.29) is 6.16 Å². The summed E-state index contributed by atoms with van der Waals surface area (Å²) < 4.78 is 10.8. The van der Waals surface area contributed by atoms with Gasteiger partial charge < -0.3 is 19.9 Å². The second-order valence-corrected chi connectivity index (χ2v) is 9.15. The number of benzene rings is 1. The minimum absolute atomic E-state index is 0.0148. The first-order valence-corrected chi connectivity index (χ1v) is 12.4. The highest BCUT2D eigenvalue weighted by Gasteiger charge is 2.10. The first-order chi connectivity index (χ1) is 13.9. The van der Waals surface area contributed by atoms with Crippen molar-refractivity contribution in [1.82, 2.24) is 10.8 Å². The summed E-state index contributed by atoms with van der Waals surface area (Å²) in [6.45, 7) is 0.643. The number of unbranched alkanes of at least 4 members (excludes halogenated alkanes) is 7. The molecule has 0 atom stereocenters. The standard InChI is InChI=1S/C21H37N2O5P/c1-22-21(24)28-23-17-11-10-16-20-15-9-8-14-19(20)13-7-5-3-2-4-6-12-18-29(25,26)27/h8-9,14-15,23H,2-7,10-13,16-18H2,1H3,(H,22,24)(H2,25,26,27). The lowest BCUT2D eigenvalue weighted by atomic mass is 9.97. The van der Waals surface area contributed by atoms with Gasteiger partial charge >= 0.3 is 13.7 Å². The Hall–Kier alpha value is -1.40. The number of amides is 1. The van der Waals surface area contributed by atoms with Crippen LogP contribution in [-0.2, 0) is 22.2 Å². The van der Waals surface area contributed by atoms with Crippen LogP contribution in [0.1, 0.15) is 68.9 Å². The van der Waals surface area contributed by atoms with Crippen molar-refractivity contribution < 1.29 is 24.0 Å². The number of aryl methyl sites for hydroxylation is 2. The van der Waals surface area contributed by atoms with E-state index in [4.69, 9.17) is 14.6 Å². The fourth-order valence-corrected chi connectivity index (χ4v) is 3.88. The third-order valence-electron chi connectivity index (χ3n) is 4.86. The third-order valence-corrected chi connectivity index (χ3v) is 5.76. The van der Waals surface area contributed by atoms with Gasteiger partial charge in [0.15, 0.2) is 0 Å². The predicted molar refractivity (Wildman–Crippen MR) is 116 cm³/mol. The van der Waals surface area contributed by atoms with Crippen LogP contribution in [0.5, 0.6) is 0 Å². The normalized spacial score (nSPS) is 11.4. The maximum Gasteiger partial charge on any atom is 0.425 e. The van der Waals surface area contributed by atoms with Crippen molar-refractivity contribution in [2.75, 3.05) is 19.8 Å². The number of carbonyl (C=O) groups excluding carboxylic acids is 1. The molecule has 1 rings (SSSR count). The molecule has 0 aliphatic carbocycles. The molecule has 0 aliphatic heterocycles. The van der Waals surface area contributed by atoms with E-state index >= 15 is 0 Å². The van der Waals surface area contributed by atoms with Gasteiger partial charge in [0.2, 0.25) is 0 Å². The first kappa shape index (κ1) is 25.6. The van der Waals surface area contributed by atoms with Crippen LogP contribution in [0.3, 0.4) is 0 Å². The summed E-state index contributed by atoms with van der Waals surface area (Å²) in [5, 5.41) is 2.38. The molecule has 0 heterocycles. The fourth-order valence-electron chi connectivity index (χ4n) is 3.24. The molecular formula is C21H37N2O5P. The molecule has 0 saturated heterocycles. The van der Waals surface area contributed by atoms with Crippen LogP contribution < -0.4 is 10.8 Å². The van der Waals surface area contributed by atoms with Gasteiger partial charge in [-0.25, -0.2) is 4.79 Å². The summed E-state index contributed by atoms with van der Waals surface area (Å²) in [7, 11) is -2.29. The van der Waals surface area contributed by atoms with Gasteiger partial charge in [-0.05, 0) is 49.7 Å². The van der Waals surface area contributed by atoms with Gasteiger partial charge in [-0.15, -0.1) is 0 Å². The van der Waals surface area contributed by atoms with Crippen molar-refractivity contribution in [1.29, 1.82) is 0 Å². The number of hydroxylamine groups is 1. The van der Waals surface area contributed by atoms with Crippen molar-refractivity contribution in [2.45, 2.75) is 70.6 Å².